The SMILES string of the molecule is CSc1ccc(-c2ncc3c(n2)CCCC3N)cc1. The van der Waals surface area contributed by atoms with E-state index in [2.05, 4.69) is 35.5 Å². The van der Waals surface area contributed by atoms with E-state index in [0.29, 0.717) is 0 Å². The van der Waals surface area contributed by atoms with Gasteiger partial charge in [0.1, 0.15) is 0 Å². The van der Waals surface area contributed by atoms with Crippen LogP contribution in [0.15, 0.2) is 35.4 Å². The number of nitrogens with two attached hydrogens (primary N) is 1. The Hall–Kier alpha value is -1.39. The maximum absolute atomic E-state index is 6.09. The van der Waals surface area contributed by atoms with Gasteiger partial charge in [0.05, 0.1) is 0 Å². The number of hydrogen-bond donors (Lipinski definition) is 1. The Bertz CT molecular complexity index is 580. The Morgan fingerprint density at radius 1 is 1.26 bits per heavy atom. The summed E-state index contributed by atoms with van der Waals surface area (Å²) in [7, 11) is 0. The van der Waals surface area contributed by atoms with Crippen LogP contribution in [0, 0.1) is 0 Å². The lowest BCUT2D eigenvalue weighted by molar-refractivity contribution is 0.557. The zero-order valence-electron chi connectivity index (χ0n) is 11.0. The van der Waals surface area contributed by atoms with Crippen molar-refractivity contribution in [3.05, 3.63) is 41.7 Å². The van der Waals surface area contributed by atoms with Crippen LogP contribution in [0.5, 0.6) is 0 Å². The molecule has 19 heavy (non-hydrogen) atoms. The molecule has 0 saturated carbocycles. The Balaban J connectivity index is 1.96. The van der Waals surface area contributed by atoms with Crippen molar-refractivity contribution < 1.29 is 0 Å². The van der Waals surface area contributed by atoms with Gasteiger partial charge in [-0.05, 0) is 37.7 Å². The lowest BCUT2D eigenvalue weighted by Crippen LogP contribution is -2.19. The second kappa shape index (κ2) is 5.31. The summed E-state index contributed by atoms with van der Waals surface area (Å²) in [5.41, 5.74) is 9.40. The van der Waals surface area contributed by atoms with Gasteiger partial charge in [0, 0.05) is 34.0 Å². The molecule has 1 aliphatic carbocycles. The van der Waals surface area contributed by atoms with E-state index in [-0.39, 0.29) is 6.04 Å². The van der Waals surface area contributed by atoms with E-state index in [0.717, 1.165) is 41.9 Å². The summed E-state index contributed by atoms with van der Waals surface area (Å²) in [5, 5.41) is 0. The third-order valence-corrected chi connectivity index (χ3v) is 4.32. The van der Waals surface area contributed by atoms with Crippen molar-refractivity contribution in [2.45, 2.75) is 30.2 Å². The minimum absolute atomic E-state index is 0.108. The molecule has 0 amide bonds. The Morgan fingerprint density at radius 2 is 2.05 bits per heavy atom. The number of aryl methyl sites for hydroxylation is 1. The van der Waals surface area contributed by atoms with Gasteiger partial charge >= 0.3 is 0 Å². The molecular weight excluding hydrogens is 254 g/mol. The van der Waals surface area contributed by atoms with Crippen LogP contribution in [-0.2, 0) is 6.42 Å². The van der Waals surface area contributed by atoms with Crippen LogP contribution in [0.3, 0.4) is 0 Å². The third kappa shape index (κ3) is 2.51. The summed E-state index contributed by atoms with van der Waals surface area (Å²) in [6.45, 7) is 0. The van der Waals surface area contributed by atoms with Crippen LogP contribution < -0.4 is 5.73 Å². The molecule has 1 unspecified atom stereocenters. The highest BCUT2D eigenvalue weighted by Crippen LogP contribution is 2.28. The fraction of sp³-hybridized carbons (Fsp3) is 0.333. The molecule has 1 aromatic carbocycles. The maximum atomic E-state index is 6.09. The van der Waals surface area contributed by atoms with Gasteiger partial charge in [-0.3, -0.25) is 0 Å². The molecule has 0 aliphatic heterocycles. The molecule has 98 valence electrons. The molecular formula is C15H17N3S. The number of thioether (sulfide) groups is 1. The zero-order chi connectivity index (χ0) is 13.2. The average molecular weight is 271 g/mol. The van der Waals surface area contributed by atoms with Crippen molar-refractivity contribution in [3.63, 3.8) is 0 Å². The highest BCUT2D eigenvalue weighted by molar-refractivity contribution is 7.98. The monoisotopic (exact) mass is 271 g/mol. The van der Waals surface area contributed by atoms with E-state index in [4.69, 9.17) is 10.7 Å². The first kappa shape index (κ1) is 12.6. The molecule has 0 spiro atoms. The zero-order valence-corrected chi connectivity index (χ0v) is 11.8. The van der Waals surface area contributed by atoms with E-state index in [1.807, 2.05) is 6.20 Å². The van der Waals surface area contributed by atoms with Gasteiger partial charge in [-0.25, -0.2) is 9.97 Å². The molecule has 1 atom stereocenters. The largest absolute Gasteiger partial charge is 0.324 e. The molecule has 0 bridgehead atoms. The number of rotatable bonds is 2. The van der Waals surface area contributed by atoms with Crippen LogP contribution in [-0.4, -0.2) is 16.2 Å². The van der Waals surface area contributed by atoms with Crippen molar-refractivity contribution in [1.29, 1.82) is 0 Å². The van der Waals surface area contributed by atoms with Gasteiger partial charge < -0.3 is 5.73 Å². The number of fused-ring (bicyclic) bond motifs is 1. The van der Waals surface area contributed by atoms with Crippen molar-refractivity contribution >= 4 is 11.8 Å². The van der Waals surface area contributed by atoms with E-state index >= 15 is 0 Å². The molecule has 1 aliphatic rings. The van der Waals surface area contributed by atoms with E-state index in [9.17, 15) is 0 Å². The molecule has 2 N–H and O–H groups in total. The smallest absolute Gasteiger partial charge is 0.159 e. The molecule has 0 radical (unpaired) electrons. The van der Waals surface area contributed by atoms with E-state index in [1.54, 1.807) is 11.8 Å². The van der Waals surface area contributed by atoms with Crippen LogP contribution in [0.1, 0.15) is 30.1 Å². The van der Waals surface area contributed by atoms with Gasteiger partial charge in [0.15, 0.2) is 5.82 Å². The molecule has 4 heteroatoms. The molecule has 3 nitrogen and oxygen atoms in total. The van der Waals surface area contributed by atoms with Gasteiger partial charge in [-0.15, -0.1) is 11.8 Å². The Labute approximate surface area is 117 Å². The predicted octanol–water partition coefficient (Wildman–Crippen LogP) is 3.20. The van der Waals surface area contributed by atoms with E-state index < -0.39 is 0 Å². The lowest BCUT2D eigenvalue weighted by atomic mass is 9.93. The molecule has 0 fully saturated rings. The summed E-state index contributed by atoms with van der Waals surface area (Å²) in [6.07, 6.45) is 7.16. The predicted molar refractivity (Wildman–Crippen MR) is 79.1 cm³/mol. The van der Waals surface area contributed by atoms with Crippen LogP contribution in [0.2, 0.25) is 0 Å². The summed E-state index contributed by atoms with van der Waals surface area (Å²) < 4.78 is 0. The van der Waals surface area contributed by atoms with Crippen LogP contribution >= 0.6 is 11.8 Å². The van der Waals surface area contributed by atoms with Crippen molar-refractivity contribution in [3.8, 4) is 11.4 Å². The fourth-order valence-electron chi connectivity index (χ4n) is 2.46. The topological polar surface area (TPSA) is 51.8 Å². The first-order valence-electron chi connectivity index (χ1n) is 6.54. The summed E-state index contributed by atoms with van der Waals surface area (Å²) >= 11 is 1.74. The van der Waals surface area contributed by atoms with Gasteiger partial charge in [-0.2, -0.15) is 0 Å². The first-order chi connectivity index (χ1) is 9.28. The number of aromatic nitrogens is 2. The van der Waals surface area contributed by atoms with E-state index in [1.165, 1.54) is 4.90 Å². The Morgan fingerprint density at radius 3 is 2.79 bits per heavy atom. The standard InChI is InChI=1S/C15H17N3S/c1-19-11-7-5-10(6-8-11)15-17-9-12-13(16)3-2-4-14(12)18-15/h5-9,13H,2-4,16H2,1H3. The summed E-state index contributed by atoms with van der Waals surface area (Å²) in [6, 6.07) is 8.48. The van der Waals surface area contributed by atoms with Crippen molar-refractivity contribution in [1.82, 2.24) is 9.97 Å². The van der Waals surface area contributed by atoms with Gasteiger partial charge in [0.25, 0.3) is 0 Å². The van der Waals surface area contributed by atoms with Gasteiger partial charge in [-0.1, -0.05) is 12.1 Å². The second-order valence-electron chi connectivity index (χ2n) is 4.82. The molecule has 1 aromatic heterocycles. The minimum atomic E-state index is 0.108. The van der Waals surface area contributed by atoms with Crippen molar-refractivity contribution in [2.75, 3.05) is 6.26 Å². The quantitative estimate of drug-likeness (QED) is 0.852. The van der Waals surface area contributed by atoms with Crippen LogP contribution in [0.25, 0.3) is 11.4 Å². The molecule has 1 heterocycles. The fourth-order valence-corrected chi connectivity index (χ4v) is 2.87. The average Bonchev–Trinajstić information content (AvgIpc) is 2.47. The number of nitrogens with zero attached hydrogens (tertiary/aromatic N) is 2. The number of hydrogen-bond acceptors (Lipinski definition) is 4. The third-order valence-electron chi connectivity index (χ3n) is 3.58. The molecule has 0 saturated heterocycles. The first-order valence-corrected chi connectivity index (χ1v) is 7.76. The van der Waals surface area contributed by atoms with Crippen molar-refractivity contribution in [2.24, 2.45) is 5.73 Å². The maximum Gasteiger partial charge on any atom is 0.159 e. The highest BCUT2D eigenvalue weighted by Gasteiger charge is 2.19. The minimum Gasteiger partial charge on any atom is -0.324 e. The molecule has 2 aromatic rings. The molecule has 3 rings (SSSR count). The highest BCUT2D eigenvalue weighted by atomic mass is 32.2. The number of benzene rings is 1. The normalized spacial score (nSPS) is 18.1. The summed E-state index contributed by atoms with van der Waals surface area (Å²) in [5.74, 6) is 0.806. The Kier molecular flexibility index (Phi) is 3.53. The second-order valence-corrected chi connectivity index (χ2v) is 5.70. The lowest BCUT2D eigenvalue weighted by Gasteiger charge is -2.21. The summed E-state index contributed by atoms with van der Waals surface area (Å²) in [4.78, 5) is 10.4. The van der Waals surface area contributed by atoms with Crippen LogP contribution in [0.4, 0.5) is 0 Å². The van der Waals surface area contributed by atoms with Gasteiger partial charge in [0.2, 0.25) is 0 Å².